The summed E-state index contributed by atoms with van der Waals surface area (Å²) in [6.07, 6.45) is 1.24. The van der Waals surface area contributed by atoms with E-state index in [2.05, 4.69) is 0 Å². The zero-order chi connectivity index (χ0) is 11.5. The molecule has 16 heavy (non-hydrogen) atoms. The van der Waals surface area contributed by atoms with Gasteiger partial charge >= 0.3 is 0 Å². The number of halogens is 1. The molecule has 5 nitrogen and oxygen atoms in total. The van der Waals surface area contributed by atoms with Crippen LogP contribution in [0.3, 0.4) is 0 Å². The van der Waals surface area contributed by atoms with Gasteiger partial charge in [-0.05, 0) is 13.0 Å². The van der Waals surface area contributed by atoms with E-state index in [0.717, 1.165) is 6.42 Å². The largest absolute Gasteiger partial charge is 0.383 e. The summed E-state index contributed by atoms with van der Waals surface area (Å²) < 4.78 is 9.90. The third-order valence-corrected chi connectivity index (χ3v) is 2.08. The van der Waals surface area contributed by atoms with Crippen LogP contribution in [0.1, 0.15) is 12.8 Å². The summed E-state index contributed by atoms with van der Waals surface area (Å²) in [6.45, 7) is 2.89. The zero-order valence-corrected chi connectivity index (χ0v) is 10.9. The summed E-state index contributed by atoms with van der Waals surface area (Å²) in [7, 11) is 3.25. The summed E-state index contributed by atoms with van der Waals surface area (Å²) in [4.78, 5) is 13.4. The van der Waals surface area contributed by atoms with E-state index in [4.69, 9.17) is 15.2 Å². The van der Waals surface area contributed by atoms with Gasteiger partial charge in [-0.15, -0.1) is 12.4 Å². The molecule has 1 amide bonds. The first-order valence-corrected chi connectivity index (χ1v) is 5.22. The molecule has 0 heterocycles. The number of methoxy groups -OCH3 is 2. The Labute approximate surface area is 104 Å². The Balaban J connectivity index is 0. The van der Waals surface area contributed by atoms with E-state index in [0.29, 0.717) is 39.3 Å². The molecule has 0 unspecified atom stereocenters. The fourth-order valence-corrected chi connectivity index (χ4v) is 1.18. The number of ether oxygens (including phenoxy) is 2. The van der Waals surface area contributed by atoms with Gasteiger partial charge in [0.1, 0.15) is 0 Å². The van der Waals surface area contributed by atoms with E-state index >= 15 is 0 Å². The van der Waals surface area contributed by atoms with Crippen LogP contribution >= 0.6 is 12.4 Å². The van der Waals surface area contributed by atoms with Crippen LogP contribution in [-0.4, -0.2) is 57.9 Å². The van der Waals surface area contributed by atoms with Crippen molar-refractivity contribution in [3.8, 4) is 0 Å². The molecule has 98 valence electrons. The Morgan fingerprint density at radius 3 is 2.06 bits per heavy atom. The quantitative estimate of drug-likeness (QED) is 0.642. The normalized spacial score (nSPS) is 9.69. The SMILES string of the molecule is COCCN(CCOC)C(=O)CCCN.Cl. The Hall–Kier alpha value is -0.360. The van der Waals surface area contributed by atoms with Crippen molar-refractivity contribution < 1.29 is 14.3 Å². The Kier molecular flexibility index (Phi) is 14.3. The third kappa shape index (κ3) is 8.91. The second-order valence-corrected chi connectivity index (χ2v) is 3.26. The van der Waals surface area contributed by atoms with Gasteiger partial charge in [0.25, 0.3) is 0 Å². The first kappa shape index (κ1) is 18.0. The van der Waals surface area contributed by atoms with E-state index < -0.39 is 0 Å². The van der Waals surface area contributed by atoms with Crippen LogP contribution in [0.4, 0.5) is 0 Å². The molecule has 0 saturated carbocycles. The van der Waals surface area contributed by atoms with Gasteiger partial charge in [0.15, 0.2) is 0 Å². The molecule has 0 aromatic rings. The molecule has 0 spiro atoms. The van der Waals surface area contributed by atoms with Crippen molar-refractivity contribution in [2.24, 2.45) is 5.73 Å². The second kappa shape index (κ2) is 12.7. The molecule has 0 aromatic heterocycles. The average Bonchev–Trinajstić information content (AvgIpc) is 2.26. The standard InChI is InChI=1S/C10H22N2O3.ClH/c1-14-8-6-12(7-9-15-2)10(13)4-3-5-11;/h3-9,11H2,1-2H3;1H. The molecule has 0 atom stereocenters. The fraction of sp³-hybridized carbons (Fsp3) is 0.900. The van der Waals surface area contributed by atoms with Crippen LogP contribution in [0.15, 0.2) is 0 Å². The van der Waals surface area contributed by atoms with Crippen LogP contribution in [0.2, 0.25) is 0 Å². The molecule has 0 fully saturated rings. The molecule has 0 aliphatic rings. The van der Waals surface area contributed by atoms with Crippen LogP contribution in [0.25, 0.3) is 0 Å². The number of hydrogen-bond acceptors (Lipinski definition) is 4. The van der Waals surface area contributed by atoms with E-state index in [1.54, 1.807) is 19.1 Å². The van der Waals surface area contributed by atoms with Gasteiger partial charge < -0.3 is 20.1 Å². The molecule has 0 saturated heterocycles. The zero-order valence-electron chi connectivity index (χ0n) is 10.1. The fourth-order valence-electron chi connectivity index (χ4n) is 1.18. The van der Waals surface area contributed by atoms with Gasteiger partial charge in [0.05, 0.1) is 13.2 Å². The van der Waals surface area contributed by atoms with Crippen LogP contribution in [-0.2, 0) is 14.3 Å². The van der Waals surface area contributed by atoms with Crippen molar-refractivity contribution in [2.75, 3.05) is 47.1 Å². The predicted octanol–water partition coefficient (Wildman–Crippen LogP) is 0.269. The number of amides is 1. The molecule has 6 heteroatoms. The first-order chi connectivity index (χ1) is 7.26. The lowest BCUT2D eigenvalue weighted by atomic mass is 10.2. The molecular formula is C10H23ClN2O3. The van der Waals surface area contributed by atoms with Crippen molar-refractivity contribution in [1.29, 1.82) is 0 Å². The number of carbonyl (C=O) groups excluding carboxylic acids is 1. The van der Waals surface area contributed by atoms with Crippen LogP contribution in [0, 0.1) is 0 Å². The summed E-state index contributed by atoms with van der Waals surface area (Å²) in [5, 5.41) is 0. The van der Waals surface area contributed by atoms with Crippen LogP contribution in [0.5, 0.6) is 0 Å². The van der Waals surface area contributed by atoms with Crippen molar-refractivity contribution in [3.63, 3.8) is 0 Å². The van der Waals surface area contributed by atoms with Gasteiger partial charge in [-0.3, -0.25) is 4.79 Å². The van der Waals surface area contributed by atoms with E-state index in [9.17, 15) is 4.79 Å². The molecule has 2 N–H and O–H groups in total. The Bertz CT molecular complexity index is 162. The molecule has 0 rings (SSSR count). The van der Waals surface area contributed by atoms with E-state index in [1.165, 1.54) is 0 Å². The van der Waals surface area contributed by atoms with Gasteiger partial charge in [-0.25, -0.2) is 0 Å². The third-order valence-electron chi connectivity index (χ3n) is 2.08. The van der Waals surface area contributed by atoms with Gasteiger partial charge in [0, 0.05) is 33.7 Å². The van der Waals surface area contributed by atoms with Crippen LogP contribution < -0.4 is 5.73 Å². The second-order valence-electron chi connectivity index (χ2n) is 3.26. The van der Waals surface area contributed by atoms with Gasteiger partial charge in [0.2, 0.25) is 5.91 Å². The Morgan fingerprint density at radius 1 is 1.19 bits per heavy atom. The smallest absolute Gasteiger partial charge is 0.222 e. The Morgan fingerprint density at radius 2 is 1.69 bits per heavy atom. The van der Waals surface area contributed by atoms with Crippen molar-refractivity contribution in [1.82, 2.24) is 4.90 Å². The highest BCUT2D eigenvalue weighted by molar-refractivity contribution is 5.85. The molecule has 0 aliphatic carbocycles. The number of hydrogen-bond donors (Lipinski definition) is 1. The van der Waals surface area contributed by atoms with E-state index in [1.807, 2.05) is 0 Å². The maximum atomic E-state index is 11.7. The average molecular weight is 255 g/mol. The van der Waals surface area contributed by atoms with Gasteiger partial charge in [-0.1, -0.05) is 0 Å². The topological polar surface area (TPSA) is 64.8 Å². The highest BCUT2D eigenvalue weighted by Crippen LogP contribution is 1.97. The number of rotatable bonds is 9. The minimum atomic E-state index is 0. The molecule has 0 aliphatic heterocycles. The first-order valence-electron chi connectivity index (χ1n) is 5.22. The maximum absolute atomic E-state index is 11.7. The highest BCUT2D eigenvalue weighted by Gasteiger charge is 2.11. The molecule has 0 bridgehead atoms. The summed E-state index contributed by atoms with van der Waals surface area (Å²) >= 11 is 0. The molecule has 0 radical (unpaired) electrons. The number of nitrogens with zero attached hydrogens (tertiary/aromatic N) is 1. The lowest BCUT2D eigenvalue weighted by molar-refractivity contribution is -0.132. The van der Waals surface area contributed by atoms with Crippen molar-refractivity contribution in [3.05, 3.63) is 0 Å². The summed E-state index contributed by atoms with van der Waals surface area (Å²) in [6, 6.07) is 0. The molecular weight excluding hydrogens is 232 g/mol. The van der Waals surface area contributed by atoms with E-state index in [-0.39, 0.29) is 18.3 Å². The van der Waals surface area contributed by atoms with Crippen molar-refractivity contribution >= 4 is 18.3 Å². The highest BCUT2D eigenvalue weighted by atomic mass is 35.5. The lowest BCUT2D eigenvalue weighted by Crippen LogP contribution is -2.36. The lowest BCUT2D eigenvalue weighted by Gasteiger charge is -2.21. The summed E-state index contributed by atoms with van der Waals surface area (Å²) in [5.74, 6) is 0.120. The predicted molar refractivity (Wildman–Crippen MR) is 65.9 cm³/mol. The van der Waals surface area contributed by atoms with Crippen molar-refractivity contribution in [2.45, 2.75) is 12.8 Å². The minimum Gasteiger partial charge on any atom is -0.383 e. The molecule has 0 aromatic carbocycles. The summed E-state index contributed by atoms with van der Waals surface area (Å²) in [5.41, 5.74) is 5.36. The minimum absolute atomic E-state index is 0. The van der Waals surface area contributed by atoms with Gasteiger partial charge in [-0.2, -0.15) is 0 Å². The number of nitrogens with two attached hydrogens (primary N) is 1. The number of carbonyl (C=O) groups is 1. The maximum Gasteiger partial charge on any atom is 0.222 e. The monoisotopic (exact) mass is 254 g/mol.